The van der Waals surface area contributed by atoms with Crippen molar-refractivity contribution in [2.45, 2.75) is 6.42 Å². The van der Waals surface area contributed by atoms with Gasteiger partial charge in [-0.25, -0.2) is 0 Å². The Balaban J connectivity index is 2.49. The molecule has 0 aromatic carbocycles. The third-order valence-electron chi connectivity index (χ3n) is 0.985. The van der Waals surface area contributed by atoms with Gasteiger partial charge in [0.25, 0.3) is 0 Å². The third kappa shape index (κ3) is 1.52. The van der Waals surface area contributed by atoms with E-state index in [-0.39, 0.29) is 0 Å². The minimum absolute atomic E-state index is 0.891. The van der Waals surface area contributed by atoms with E-state index in [4.69, 9.17) is 0 Å². The van der Waals surface area contributed by atoms with Crippen LogP contribution in [0, 0.1) is 0 Å². The highest BCUT2D eigenvalue weighted by Crippen LogP contribution is 2.25. The first-order valence-corrected chi connectivity index (χ1v) is 5.00. The maximum absolute atomic E-state index is 4.19. The van der Waals surface area contributed by atoms with Crippen LogP contribution in [0.15, 0.2) is 14.8 Å². The Morgan fingerprint density at radius 1 is 1.88 bits per heavy atom. The van der Waals surface area contributed by atoms with Gasteiger partial charge in [0, 0.05) is 21.7 Å². The first-order valence-electron chi connectivity index (χ1n) is 2.42. The van der Waals surface area contributed by atoms with Crippen LogP contribution in [-0.4, -0.2) is 12.1 Å². The van der Waals surface area contributed by atoms with Crippen LogP contribution in [0.4, 0.5) is 0 Å². The molecule has 0 fully saturated rings. The molecular weight excluding hydrogens is 232 g/mol. The number of halogens is 1. The predicted molar refractivity (Wildman–Crippen MR) is 48.4 cm³/mol. The molecule has 0 saturated carbocycles. The second kappa shape index (κ2) is 2.92. The molecule has 1 rings (SSSR count). The molecule has 0 bridgehead atoms. The number of hydrogen-bond acceptors (Lipinski definition) is 1. The maximum Gasteiger partial charge on any atom is 0.0423 e. The van der Waals surface area contributed by atoms with Gasteiger partial charge >= 0.3 is 0 Å². The van der Waals surface area contributed by atoms with Crippen molar-refractivity contribution in [1.82, 2.24) is 0 Å². The average molecular weight is 239 g/mol. The van der Waals surface area contributed by atoms with Gasteiger partial charge in [-0.05, 0) is 29.3 Å². The maximum atomic E-state index is 4.19. The van der Waals surface area contributed by atoms with Gasteiger partial charge in [-0.3, -0.25) is 4.99 Å². The van der Waals surface area contributed by atoms with Crippen molar-refractivity contribution >= 4 is 36.6 Å². The minimum Gasteiger partial charge on any atom is -0.260 e. The van der Waals surface area contributed by atoms with E-state index >= 15 is 0 Å². The highest BCUT2D eigenvalue weighted by atomic mass is 127. The number of nitrogens with zero attached hydrogens (tertiary/aromatic N) is 1. The summed E-state index contributed by atoms with van der Waals surface area (Å²) in [7, 11) is 0.891. The average Bonchev–Trinajstić information content (AvgIpc) is 2.14. The smallest absolute Gasteiger partial charge is 0.0423 e. The largest absolute Gasteiger partial charge is 0.260 e. The van der Waals surface area contributed by atoms with Crippen LogP contribution >= 0.6 is 31.2 Å². The first kappa shape index (κ1) is 6.69. The van der Waals surface area contributed by atoms with E-state index in [1.807, 2.05) is 6.20 Å². The number of aliphatic imine (C=N–C) groups is 1. The van der Waals surface area contributed by atoms with Crippen molar-refractivity contribution in [3.05, 3.63) is 9.78 Å². The summed E-state index contributed by atoms with van der Waals surface area (Å²) >= 11 is 2.32. The summed E-state index contributed by atoms with van der Waals surface area (Å²) in [6.07, 6.45) is 3.06. The Morgan fingerprint density at radius 2 is 2.62 bits per heavy atom. The van der Waals surface area contributed by atoms with Crippen LogP contribution in [0.1, 0.15) is 6.42 Å². The standard InChI is InChI=1S/C5H7INP/c1-8-5-2-4(6)3-7-5/h3,8H,2H2,1H3. The summed E-state index contributed by atoms with van der Waals surface area (Å²) in [5.41, 5.74) is 1.34. The van der Waals surface area contributed by atoms with E-state index in [2.05, 4.69) is 34.2 Å². The molecule has 0 radical (unpaired) electrons. The molecule has 0 N–H and O–H groups in total. The SMILES string of the molecule is CPC1=NC=C(I)C1. The molecule has 1 heterocycles. The zero-order valence-corrected chi connectivity index (χ0v) is 7.77. The highest BCUT2D eigenvalue weighted by Gasteiger charge is 2.03. The fourth-order valence-electron chi connectivity index (χ4n) is 0.552. The van der Waals surface area contributed by atoms with E-state index in [1.165, 1.54) is 9.03 Å². The van der Waals surface area contributed by atoms with Crippen molar-refractivity contribution in [2.24, 2.45) is 4.99 Å². The Labute approximate surface area is 64.6 Å². The molecule has 1 unspecified atom stereocenters. The molecule has 0 aromatic rings. The van der Waals surface area contributed by atoms with Gasteiger partial charge in [-0.15, -0.1) is 0 Å². The monoisotopic (exact) mass is 239 g/mol. The Morgan fingerprint density at radius 3 is 2.88 bits per heavy atom. The molecule has 0 aromatic heterocycles. The minimum atomic E-state index is 0.891. The van der Waals surface area contributed by atoms with Crippen molar-refractivity contribution in [3.63, 3.8) is 0 Å². The van der Waals surface area contributed by atoms with E-state index in [0.29, 0.717) is 0 Å². The quantitative estimate of drug-likeness (QED) is 0.492. The van der Waals surface area contributed by atoms with Crippen LogP contribution in [0.25, 0.3) is 0 Å². The molecule has 0 aliphatic carbocycles. The fraction of sp³-hybridized carbons (Fsp3) is 0.400. The summed E-state index contributed by atoms with van der Waals surface area (Å²) in [5.74, 6) is 0. The van der Waals surface area contributed by atoms with Crippen LogP contribution in [0.2, 0.25) is 0 Å². The summed E-state index contributed by atoms with van der Waals surface area (Å²) in [4.78, 5) is 4.19. The van der Waals surface area contributed by atoms with Gasteiger partial charge in [0.05, 0.1) is 0 Å². The number of allylic oxidation sites excluding steroid dienone is 1. The second-order valence-electron chi connectivity index (χ2n) is 1.58. The summed E-state index contributed by atoms with van der Waals surface area (Å²) in [6, 6.07) is 0. The molecule has 1 atom stereocenters. The lowest BCUT2D eigenvalue weighted by Gasteiger charge is -1.89. The Hall–Kier alpha value is 0.570. The van der Waals surface area contributed by atoms with Crippen LogP contribution in [-0.2, 0) is 0 Å². The van der Waals surface area contributed by atoms with E-state index in [1.54, 1.807) is 0 Å². The lowest BCUT2D eigenvalue weighted by Crippen LogP contribution is -1.79. The molecule has 0 spiro atoms. The van der Waals surface area contributed by atoms with Gasteiger partial charge in [0.1, 0.15) is 0 Å². The molecule has 0 amide bonds. The molecule has 8 heavy (non-hydrogen) atoms. The van der Waals surface area contributed by atoms with Gasteiger partial charge < -0.3 is 0 Å². The normalized spacial score (nSPS) is 19.8. The molecule has 1 nitrogen and oxygen atoms in total. The highest BCUT2D eigenvalue weighted by molar-refractivity contribution is 14.1. The summed E-state index contributed by atoms with van der Waals surface area (Å²) < 4.78 is 1.37. The van der Waals surface area contributed by atoms with Crippen LogP contribution in [0.3, 0.4) is 0 Å². The summed E-state index contributed by atoms with van der Waals surface area (Å²) in [5, 5.41) is 0. The molecule has 3 heteroatoms. The van der Waals surface area contributed by atoms with Crippen molar-refractivity contribution in [3.8, 4) is 0 Å². The topological polar surface area (TPSA) is 12.4 Å². The fourth-order valence-corrected chi connectivity index (χ4v) is 1.97. The molecule has 1 aliphatic rings. The molecule has 44 valence electrons. The van der Waals surface area contributed by atoms with E-state index in [9.17, 15) is 0 Å². The lowest BCUT2D eigenvalue weighted by molar-refractivity contribution is 1.57. The van der Waals surface area contributed by atoms with Gasteiger partial charge in [-0.2, -0.15) is 0 Å². The number of hydrogen-bond donors (Lipinski definition) is 0. The van der Waals surface area contributed by atoms with Crippen molar-refractivity contribution in [2.75, 3.05) is 6.66 Å². The zero-order chi connectivity index (χ0) is 5.98. The molecule has 1 aliphatic heterocycles. The van der Waals surface area contributed by atoms with E-state index < -0.39 is 0 Å². The lowest BCUT2D eigenvalue weighted by atomic mass is 10.5. The molecular formula is C5H7INP. The predicted octanol–water partition coefficient (Wildman–Crippen LogP) is 2.37. The van der Waals surface area contributed by atoms with Crippen LogP contribution < -0.4 is 0 Å². The van der Waals surface area contributed by atoms with Crippen molar-refractivity contribution < 1.29 is 0 Å². The Bertz CT molecular complexity index is 151. The van der Waals surface area contributed by atoms with Gasteiger partial charge in [-0.1, -0.05) is 8.58 Å². The Kier molecular flexibility index (Phi) is 2.44. The number of rotatable bonds is 1. The summed E-state index contributed by atoms with van der Waals surface area (Å²) in [6.45, 7) is 2.17. The first-order chi connectivity index (χ1) is 3.83. The third-order valence-corrected chi connectivity index (χ3v) is 2.53. The second-order valence-corrected chi connectivity index (χ2v) is 4.04. The van der Waals surface area contributed by atoms with Gasteiger partial charge in [0.15, 0.2) is 0 Å². The van der Waals surface area contributed by atoms with Crippen LogP contribution in [0.5, 0.6) is 0 Å². The zero-order valence-electron chi connectivity index (χ0n) is 4.61. The van der Waals surface area contributed by atoms with E-state index in [0.717, 1.165) is 15.0 Å². The molecule has 0 saturated heterocycles. The van der Waals surface area contributed by atoms with Crippen molar-refractivity contribution in [1.29, 1.82) is 0 Å². The van der Waals surface area contributed by atoms with Gasteiger partial charge in [0.2, 0.25) is 0 Å².